The van der Waals surface area contributed by atoms with E-state index in [0.29, 0.717) is 37.5 Å². The van der Waals surface area contributed by atoms with Crippen molar-refractivity contribution in [1.82, 2.24) is 4.90 Å². The molecule has 0 aromatic heterocycles. The van der Waals surface area contributed by atoms with Gasteiger partial charge < -0.3 is 24.8 Å². The maximum Gasteiger partial charge on any atom is 0.306 e. The minimum absolute atomic E-state index is 0.0256. The number of amides is 1. The summed E-state index contributed by atoms with van der Waals surface area (Å²) in [7, 11) is 1.34. The average molecular weight is 530 g/mol. The molecule has 0 aliphatic carbocycles. The highest BCUT2D eigenvalue weighted by atomic mass is 16.5. The number of para-hydroxylation sites is 1. The van der Waals surface area contributed by atoms with Gasteiger partial charge in [-0.25, -0.2) is 0 Å². The Kier molecular flexibility index (Phi) is 9.56. The van der Waals surface area contributed by atoms with Crippen LogP contribution in [-0.2, 0) is 14.3 Å². The largest absolute Gasteiger partial charge is 0.494 e. The highest BCUT2D eigenvalue weighted by Gasteiger charge is 2.40. The Balaban J connectivity index is 1.33. The van der Waals surface area contributed by atoms with Gasteiger partial charge in [0.2, 0.25) is 5.91 Å². The number of carbonyl (C=O) groups is 2. The maximum atomic E-state index is 13.1. The molecule has 3 N–H and O–H groups in total. The van der Waals surface area contributed by atoms with E-state index in [-0.39, 0.29) is 30.2 Å². The molecule has 0 unspecified atom stereocenters. The Bertz CT molecular complexity index is 1250. The monoisotopic (exact) mass is 529 g/mol. The molecule has 1 amide bonds. The van der Waals surface area contributed by atoms with Gasteiger partial charge in [-0.1, -0.05) is 54.6 Å². The summed E-state index contributed by atoms with van der Waals surface area (Å²) < 4.78 is 16.7. The topological polar surface area (TPSA) is 115 Å². The van der Waals surface area contributed by atoms with Crippen LogP contribution in [0.5, 0.6) is 11.5 Å². The Hall–Kier alpha value is -4.33. The summed E-state index contributed by atoms with van der Waals surface area (Å²) in [6, 6.07) is 24.8. The number of likely N-dealkylation sites (tertiary alicyclic amines) is 1. The van der Waals surface area contributed by atoms with Gasteiger partial charge in [-0.15, -0.1) is 0 Å². The van der Waals surface area contributed by atoms with Crippen molar-refractivity contribution in [2.75, 3.05) is 26.9 Å². The standard InChI is InChI=1S/C31H35N3O5/c1-37-29(35)20-25-19-26(34(31(25)36)17-5-6-18-38-27-7-3-2-4-8-27)21-39-28-15-13-23(14-16-28)22-9-11-24(12-10-22)30(32)33/h2-4,7-16,25-26H,5-6,17-21H2,1H3,(H3,32,33)/t25-,26-/m0/s1. The van der Waals surface area contributed by atoms with Gasteiger partial charge in [0.15, 0.2) is 0 Å². The molecule has 0 radical (unpaired) electrons. The average Bonchev–Trinajstić information content (AvgIpc) is 3.26. The minimum Gasteiger partial charge on any atom is -0.494 e. The first-order valence-electron chi connectivity index (χ1n) is 13.2. The molecular formula is C31H35N3O5. The second kappa shape index (κ2) is 13.5. The number of nitrogens with one attached hydrogen (secondary N) is 1. The number of esters is 1. The molecule has 1 aliphatic heterocycles. The fourth-order valence-electron chi connectivity index (χ4n) is 4.75. The first kappa shape index (κ1) is 27.7. The highest BCUT2D eigenvalue weighted by molar-refractivity contribution is 5.95. The molecule has 1 heterocycles. The number of hydrogen-bond acceptors (Lipinski definition) is 6. The van der Waals surface area contributed by atoms with Crippen molar-refractivity contribution in [2.24, 2.45) is 11.7 Å². The third-order valence-corrected chi connectivity index (χ3v) is 6.90. The molecule has 1 saturated heterocycles. The Morgan fingerprint density at radius 2 is 1.56 bits per heavy atom. The summed E-state index contributed by atoms with van der Waals surface area (Å²) >= 11 is 0. The molecule has 3 aromatic rings. The number of methoxy groups -OCH3 is 1. The third kappa shape index (κ3) is 7.60. The van der Waals surface area contributed by atoms with Crippen LogP contribution in [0.25, 0.3) is 11.1 Å². The van der Waals surface area contributed by atoms with Crippen molar-refractivity contribution in [2.45, 2.75) is 31.7 Å². The number of carbonyl (C=O) groups excluding carboxylic acids is 2. The number of amidine groups is 1. The molecule has 1 fully saturated rings. The number of nitrogen functional groups attached to an aromatic ring is 1. The van der Waals surface area contributed by atoms with E-state index in [1.54, 1.807) is 0 Å². The molecular weight excluding hydrogens is 494 g/mol. The summed E-state index contributed by atoms with van der Waals surface area (Å²) in [6.07, 6.45) is 2.23. The Morgan fingerprint density at radius 1 is 0.923 bits per heavy atom. The molecule has 0 saturated carbocycles. The van der Waals surface area contributed by atoms with E-state index in [1.165, 1.54) is 7.11 Å². The SMILES string of the molecule is COC(=O)C[C@@H]1C[C@@H](COc2ccc(-c3ccc(C(=N)N)cc3)cc2)N(CCCCOc2ccccc2)C1=O. The van der Waals surface area contributed by atoms with Gasteiger partial charge >= 0.3 is 5.97 Å². The lowest BCUT2D eigenvalue weighted by atomic mass is 10.0. The van der Waals surface area contributed by atoms with E-state index < -0.39 is 5.92 Å². The first-order valence-corrected chi connectivity index (χ1v) is 13.2. The van der Waals surface area contributed by atoms with Crippen molar-refractivity contribution in [1.29, 1.82) is 5.41 Å². The normalized spacial score (nSPS) is 16.6. The lowest BCUT2D eigenvalue weighted by Gasteiger charge is -2.25. The van der Waals surface area contributed by atoms with Crippen LogP contribution in [0, 0.1) is 11.3 Å². The van der Waals surface area contributed by atoms with E-state index in [1.807, 2.05) is 83.8 Å². The van der Waals surface area contributed by atoms with E-state index in [9.17, 15) is 9.59 Å². The van der Waals surface area contributed by atoms with Crippen LogP contribution < -0.4 is 15.2 Å². The summed E-state index contributed by atoms with van der Waals surface area (Å²) in [5, 5.41) is 7.53. The van der Waals surface area contributed by atoms with Crippen LogP contribution in [0.15, 0.2) is 78.9 Å². The molecule has 1 aliphatic rings. The number of ether oxygens (including phenoxy) is 3. The van der Waals surface area contributed by atoms with Crippen molar-refractivity contribution in [3.63, 3.8) is 0 Å². The lowest BCUT2D eigenvalue weighted by molar-refractivity contribution is -0.144. The van der Waals surface area contributed by atoms with E-state index in [2.05, 4.69) is 0 Å². The second-order valence-corrected chi connectivity index (χ2v) is 9.59. The number of rotatable bonds is 13. The smallest absolute Gasteiger partial charge is 0.306 e. The number of unbranched alkanes of at least 4 members (excludes halogenated alkanes) is 1. The van der Waals surface area contributed by atoms with Crippen molar-refractivity contribution < 1.29 is 23.8 Å². The molecule has 204 valence electrons. The van der Waals surface area contributed by atoms with Gasteiger partial charge in [0.1, 0.15) is 23.9 Å². The molecule has 8 heteroatoms. The molecule has 3 aromatic carbocycles. The van der Waals surface area contributed by atoms with Crippen molar-refractivity contribution in [3.05, 3.63) is 84.4 Å². The Morgan fingerprint density at radius 3 is 2.21 bits per heavy atom. The number of hydrogen-bond donors (Lipinski definition) is 2. The number of nitrogens with zero attached hydrogens (tertiary/aromatic N) is 1. The summed E-state index contributed by atoms with van der Waals surface area (Å²) in [6.45, 7) is 1.50. The lowest BCUT2D eigenvalue weighted by Crippen LogP contribution is -2.38. The predicted molar refractivity (Wildman–Crippen MR) is 150 cm³/mol. The Labute approximate surface area is 229 Å². The highest BCUT2D eigenvalue weighted by Crippen LogP contribution is 2.29. The summed E-state index contributed by atoms with van der Waals surface area (Å²) in [4.78, 5) is 26.9. The van der Waals surface area contributed by atoms with Crippen LogP contribution in [-0.4, -0.2) is 55.5 Å². The van der Waals surface area contributed by atoms with Gasteiger partial charge in [0.25, 0.3) is 0 Å². The predicted octanol–water partition coefficient (Wildman–Crippen LogP) is 4.66. The quantitative estimate of drug-likeness (QED) is 0.144. The molecule has 39 heavy (non-hydrogen) atoms. The summed E-state index contributed by atoms with van der Waals surface area (Å²) in [5.41, 5.74) is 8.26. The van der Waals surface area contributed by atoms with E-state index in [4.69, 9.17) is 25.4 Å². The second-order valence-electron chi connectivity index (χ2n) is 9.59. The summed E-state index contributed by atoms with van der Waals surface area (Å²) in [5.74, 6) is 0.781. The van der Waals surface area contributed by atoms with Gasteiger partial charge in [-0.05, 0) is 54.7 Å². The van der Waals surface area contributed by atoms with Crippen LogP contribution >= 0.6 is 0 Å². The molecule has 4 rings (SSSR count). The van der Waals surface area contributed by atoms with Gasteiger partial charge in [-0.2, -0.15) is 0 Å². The van der Waals surface area contributed by atoms with Crippen LogP contribution in [0.4, 0.5) is 0 Å². The van der Waals surface area contributed by atoms with Gasteiger partial charge in [0.05, 0.1) is 32.1 Å². The first-order chi connectivity index (χ1) is 18.9. The van der Waals surface area contributed by atoms with Crippen LogP contribution in [0.1, 0.15) is 31.2 Å². The van der Waals surface area contributed by atoms with Gasteiger partial charge in [0, 0.05) is 12.1 Å². The van der Waals surface area contributed by atoms with Crippen LogP contribution in [0.3, 0.4) is 0 Å². The maximum absolute atomic E-state index is 13.1. The molecule has 2 atom stereocenters. The van der Waals surface area contributed by atoms with Crippen molar-refractivity contribution in [3.8, 4) is 22.6 Å². The van der Waals surface area contributed by atoms with Crippen molar-refractivity contribution >= 4 is 17.7 Å². The third-order valence-electron chi connectivity index (χ3n) is 6.90. The van der Waals surface area contributed by atoms with E-state index in [0.717, 1.165) is 29.7 Å². The van der Waals surface area contributed by atoms with E-state index >= 15 is 0 Å². The van der Waals surface area contributed by atoms with Crippen LogP contribution in [0.2, 0.25) is 0 Å². The molecule has 8 nitrogen and oxygen atoms in total. The van der Waals surface area contributed by atoms with Gasteiger partial charge in [-0.3, -0.25) is 15.0 Å². The minimum atomic E-state index is -0.396. The zero-order valence-corrected chi connectivity index (χ0v) is 22.2. The number of benzene rings is 3. The zero-order chi connectivity index (χ0) is 27.6. The number of nitrogens with two attached hydrogens (primary N) is 1. The molecule has 0 spiro atoms. The zero-order valence-electron chi connectivity index (χ0n) is 22.2. The molecule has 0 bridgehead atoms. The fourth-order valence-corrected chi connectivity index (χ4v) is 4.75. The fraction of sp³-hybridized carbons (Fsp3) is 0.323.